The minimum Gasteiger partial charge on any atom is -0.462 e. The summed E-state index contributed by atoms with van der Waals surface area (Å²) in [5, 5.41) is 2.56. The minimum atomic E-state index is -4.31. The molecule has 0 aliphatic carbocycles. The van der Waals surface area contributed by atoms with E-state index >= 15 is 0 Å². The number of nitrogens with two attached hydrogens (primary N) is 1. The minimum absolute atomic E-state index is 0.138. The molecule has 3 rings (SSSR count). The number of pyridine rings is 1. The maximum absolute atomic E-state index is 13.9. The number of esters is 3. The van der Waals surface area contributed by atoms with Crippen LogP contribution in [0.4, 0.5) is 0 Å². The third kappa shape index (κ3) is 9.08. The van der Waals surface area contributed by atoms with Gasteiger partial charge < -0.3 is 29.2 Å². The number of primary amides is 1. The summed E-state index contributed by atoms with van der Waals surface area (Å²) in [7, 11) is -4.31. The number of para-hydroxylation sites is 1. The van der Waals surface area contributed by atoms with Gasteiger partial charge in [-0.2, -0.15) is 9.65 Å². The number of carbonyl (C=O) groups is 4. The molecule has 0 bridgehead atoms. The molecule has 0 radical (unpaired) electrons. The predicted octanol–water partition coefficient (Wildman–Crippen LogP) is 1.97. The molecule has 0 spiro atoms. The van der Waals surface area contributed by atoms with Gasteiger partial charge in [-0.05, 0) is 39.0 Å². The normalized spacial score (nSPS) is 22.0. The van der Waals surface area contributed by atoms with Gasteiger partial charge in [-0.3, -0.25) is 23.7 Å². The first kappa shape index (κ1) is 32.7. The quantitative estimate of drug-likeness (QED) is 0.146. The molecule has 1 aromatic carbocycles. The van der Waals surface area contributed by atoms with Crippen LogP contribution in [0.2, 0.25) is 0 Å². The Kier molecular flexibility index (Phi) is 11.2. The van der Waals surface area contributed by atoms with E-state index in [9.17, 15) is 23.7 Å². The summed E-state index contributed by atoms with van der Waals surface area (Å²) >= 11 is 0. The van der Waals surface area contributed by atoms with E-state index in [2.05, 4.69) is 5.09 Å². The van der Waals surface area contributed by atoms with Gasteiger partial charge in [-0.1, -0.05) is 18.2 Å². The number of ether oxygens (including phenoxy) is 4. The summed E-state index contributed by atoms with van der Waals surface area (Å²) in [6, 6.07) is 10.0. The fourth-order valence-corrected chi connectivity index (χ4v) is 5.54. The summed E-state index contributed by atoms with van der Waals surface area (Å²) in [5.74, 6) is -2.64. The predicted molar refractivity (Wildman–Crippen MR) is 145 cm³/mol. The SMILES string of the molecule is CC(=O)O[C@@H]1[C@H](OC(C)=O)[C@@H](COP(=O)(N[C@@H](C)C(=O)OC(C)C)Oc2ccccc2)O[C@H]1[n+]1cccc(C(N)=O)c1. The van der Waals surface area contributed by atoms with E-state index in [-0.39, 0.29) is 11.3 Å². The lowest BCUT2D eigenvalue weighted by Crippen LogP contribution is -2.48. The second kappa shape index (κ2) is 14.4. The summed E-state index contributed by atoms with van der Waals surface area (Å²) in [6.07, 6.45) is -2.19. The lowest BCUT2D eigenvalue weighted by molar-refractivity contribution is -0.765. The zero-order valence-electron chi connectivity index (χ0n) is 23.8. The lowest BCUT2D eigenvalue weighted by atomic mass is 10.1. The van der Waals surface area contributed by atoms with Gasteiger partial charge in [0, 0.05) is 19.9 Å². The highest BCUT2D eigenvalue weighted by atomic mass is 31.2. The van der Waals surface area contributed by atoms with Gasteiger partial charge in [0.25, 0.3) is 5.91 Å². The summed E-state index contributed by atoms with van der Waals surface area (Å²) in [6.45, 7) is 6.58. The fraction of sp³-hybridized carbons (Fsp3) is 0.444. The second-order valence-electron chi connectivity index (χ2n) is 9.65. The van der Waals surface area contributed by atoms with Crippen molar-refractivity contribution < 1.29 is 56.3 Å². The maximum Gasteiger partial charge on any atom is 0.459 e. The molecule has 14 nitrogen and oxygen atoms in total. The molecule has 2 heterocycles. The molecule has 1 fully saturated rings. The number of aromatic nitrogens is 1. The zero-order chi connectivity index (χ0) is 31.0. The molecule has 0 saturated carbocycles. The highest BCUT2D eigenvalue weighted by Gasteiger charge is 2.55. The Hall–Kier alpha value is -3.84. The van der Waals surface area contributed by atoms with Crippen molar-refractivity contribution in [2.75, 3.05) is 6.61 Å². The summed E-state index contributed by atoms with van der Waals surface area (Å²) in [4.78, 5) is 48.3. The van der Waals surface area contributed by atoms with Crippen molar-refractivity contribution in [2.24, 2.45) is 5.73 Å². The molecule has 1 aliphatic heterocycles. The van der Waals surface area contributed by atoms with Crippen LogP contribution in [-0.2, 0) is 42.4 Å². The van der Waals surface area contributed by atoms with Crippen LogP contribution in [0.5, 0.6) is 5.75 Å². The number of carbonyl (C=O) groups excluding carboxylic acids is 4. The van der Waals surface area contributed by atoms with Crippen molar-refractivity contribution in [3.8, 4) is 5.75 Å². The average Bonchev–Trinajstić information content (AvgIpc) is 3.23. The van der Waals surface area contributed by atoms with Crippen LogP contribution in [0.1, 0.15) is 51.2 Å². The van der Waals surface area contributed by atoms with Crippen LogP contribution in [0.15, 0.2) is 54.9 Å². The molecular formula is C27H35N3O11P+. The van der Waals surface area contributed by atoms with Crippen LogP contribution in [0, 0.1) is 0 Å². The largest absolute Gasteiger partial charge is 0.462 e. The van der Waals surface area contributed by atoms with E-state index in [1.54, 1.807) is 32.0 Å². The number of nitrogens with zero attached hydrogens (tertiary/aromatic N) is 1. The second-order valence-corrected chi connectivity index (χ2v) is 11.3. The van der Waals surface area contributed by atoms with Gasteiger partial charge in [-0.15, -0.1) is 0 Å². The molecule has 1 amide bonds. The van der Waals surface area contributed by atoms with E-state index in [0.29, 0.717) is 0 Å². The van der Waals surface area contributed by atoms with Gasteiger partial charge in [0.15, 0.2) is 18.5 Å². The van der Waals surface area contributed by atoms with Crippen LogP contribution in [-0.4, -0.2) is 60.9 Å². The first-order valence-corrected chi connectivity index (χ1v) is 14.6. The van der Waals surface area contributed by atoms with E-state index in [0.717, 1.165) is 6.92 Å². The number of amides is 1. The monoisotopic (exact) mass is 608 g/mol. The molecule has 3 N–H and O–H groups in total. The third-order valence-electron chi connectivity index (χ3n) is 5.72. The van der Waals surface area contributed by atoms with Crippen molar-refractivity contribution in [1.82, 2.24) is 5.09 Å². The van der Waals surface area contributed by atoms with Crippen LogP contribution in [0.3, 0.4) is 0 Å². The first-order valence-electron chi connectivity index (χ1n) is 13.1. The Morgan fingerprint density at radius 3 is 2.24 bits per heavy atom. The van der Waals surface area contributed by atoms with Gasteiger partial charge >= 0.3 is 31.9 Å². The summed E-state index contributed by atoms with van der Waals surface area (Å²) < 4.78 is 49.0. The summed E-state index contributed by atoms with van der Waals surface area (Å²) in [5.41, 5.74) is 5.55. The van der Waals surface area contributed by atoms with Gasteiger partial charge in [0.05, 0.1) is 12.7 Å². The van der Waals surface area contributed by atoms with Gasteiger partial charge in [0.2, 0.25) is 6.10 Å². The highest BCUT2D eigenvalue weighted by molar-refractivity contribution is 7.52. The molecule has 1 aromatic heterocycles. The number of nitrogens with one attached hydrogen (secondary N) is 1. The molecule has 15 heteroatoms. The van der Waals surface area contributed by atoms with Crippen molar-refractivity contribution >= 4 is 31.6 Å². The molecular weight excluding hydrogens is 573 g/mol. The van der Waals surface area contributed by atoms with E-state index < -0.39 is 74.9 Å². The first-order chi connectivity index (χ1) is 19.8. The molecule has 6 atom stereocenters. The molecule has 1 unspecified atom stereocenters. The van der Waals surface area contributed by atoms with Crippen molar-refractivity contribution in [3.05, 3.63) is 60.4 Å². The van der Waals surface area contributed by atoms with Gasteiger partial charge in [-0.25, -0.2) is 4.57 Å². The Morgan fingerprint density at radius 1 is 1.00 bits per heavy atom. The standard InChI is InChI=1S/C27H34N3O11P/c1-16(2)37-27(34)17(3)29-42(35,41-21-11-7-6-8-12-21)36-15-22-23(38-18(4)31)24(39-19(5)32)26(40-22)30-13-9-10-20(14-30)25(28)33/h6-14,16-17,22-24,26H,15H2,1-5H3,(H2-,28,29,33,35)/p+1/t17-,22+,23+,24+,26+,42?/m0/s1. The van der Waals surface area contributed by atoms with Crippen LogP contribution < -0.4 is 19.9 Å². The number of hydrogen-bond donors (Lipinski definition) is 2. The third-order valence-corrected chi connectivity index (χ3v) is 7.37. The number of hydrogen-bond acceptors (Lipinski definition) is 11. The average molecular weight is 609 g/mol. The Balaban J connectivity index is 1.92. The van der Waals surface area contributed by atoms with Crippen LogP contribution >= 0.6 is 7.75 Å². The van der Waals surface area contributed by atoms with E-state index in [4.69, 9.17) is 33.7 Å². The van der Waals surface area contributed by atoms with E-state index in [1.807, 2.05) is 0 Å². The Labute approximate surface area is 242 Å². The fourth-order valence-electron chi connectivity index (χ4n) is 4.04. The highest BCUT2D eigenvalue weighted by Crippen LogP contribution is 2.46. The van der Waals surface area contributed by atoms with Gasteiger partial charge in [0.1, 0.15) is 23.5 Å². The van der Waals surface area contributed by atoms with Crippen molar-refractivity contribution in [2.45, 2.75) is 71.3 Å². The Morgan fingerprint density at radius 2 is 1.64 bits per heavy atom. The lowest BCUT2D eigenvalue weighted by Gasteiger charge is -2.25. The Bertz CT molecular complexity index is 1320. The number of rotatable bonds is 13. The van der Waals surface area contributed by atoms with E-state index in [1.165, 1.54) is 55.1 Å². The zero-order valence-corrected chi connectivity index (χ0v) is 24.7. The molecule has 42 heavy (non-hydrogen) atoms. The number of benzene rings is 1. The molecule has 228 valence electrons. The topological polar surface area (TPSA) is 183 Å². The van der Waals surface area contributed by atoms with Crippen molar-refractivity contribution in [1.29, 1.82) is 0 Å². The molecule has 1 saturated heterocycles. The molecule has 2 aromatic rings. The maximum atomic E-state index is 13.9. The molecule has 1 aliphatic rings. The van der Waals surface area contributed by atoms with Crippen molar-refractivity contribution in [3.63, 3.8) is 0 Å². The van der Waals surface area contributed by atoms with Crippen LogP contribution in [0.25, 0.3) is 0 Å². The smallest absolute Gasteiger partial charge is 0.459 e.